The zero-order chi connectivity index (χ0) is 23.6. The molecule has 1 fully saturated rings. The average molecular weight is 496 g/mol. The molecule has 176 valence electrons. The van der Waals surface area contributed by atoms with Crippen LogP contribution < -0.4 is 0 Å². The molecule has 3 aromatic rings. The van der Waals surface area contributed by atoms with Crippen molar-refractivity contribution in [2.45, 2.75) is 31.4 Å². The third-order valence-corrected chi connectivity index (χ3v) is 7.46. The third-order valence-electron chi connectivity index (χ3n) is 5.33. The molecule has 1 aromatic heterocycles. The quantitative estimate of drug-likeness (QED) is 0.465. The lowest BCUT2D eigenvalue weighted by molar-refractivity contribution is 0.0453. The number of aromatic nitrogens is 2. The molecular weight excluding hydrogens is 473 g/mol. The van der Waals surface area contributed by atoms with Crippen LogP contribution in [0.25, 0.3) is 11.0 Å². The number of esters is 1. The Morgan fingerprint density at radius 1 is 1.21 bits per heavy atom. The van der Waals surface area contributed by atoms with Gasteiger partial charge in [-0.15, -0.1) is 0 Å². The summed E-state index contributed by atoms with van der Waals surface area (Å²) in [5.41, 5.74) is 0.926. The van der Waals surface area contributed by atoms with Gasteiger partial charge < -0.3 is 14.0 Å². The number of carbonyl (C=O) groups excluding carboxylic acids is 1. The Balaban J connectivity index is 1.62. The summed E-state index contributed by atoms with van der Waals surface area (Å²) in [4.78, 5) is 17.0. The largest absolute Gasteiger partial charge is 0.454 e. The number of rotatable bonds is 7. The van der Waals surface area contributed by atoms with Crippen molar-refractivity contribution in [3.8, 4) is 0 Å². The number of nitrogens with zero attached hydrogens (tertiary/aromatic N) is 3. The minimum absolute atomic E-state index is 0.141. The molecule has 0 spiro atoms. The number of hydrogen-bond donors (Lipinski definition) is 0. The number of halogens is 2. The minimum Gasteiger partial charge on any atom is -0.454 e. The first-order valence-corrected chi connectivity index (χ1v) is 12.3. The van der Waals surface area contributed by atoms with E-state index in [1.165, 1.54) is 22.5 Å². The average Bonchev–Trinajstić information content (AvgIpc) is 3.16. The van der Waals surface area contributed by atoms with E-state index in [0.717, 1.165) is 18.0 Å². The fourth-order valence-corrected chi connectivity index (χ4v) is 5.30. The number of hydrogen-bond acceptors (Lipinski definition) is 6. The molecule has 0 amide bonds. The molecule has 0 saturated carbocycles. The molecular formula is C22H23ClFN3O5S. The second-order valence-electron chi connectivity index (χ2n) is 7.55. The maximum absolute atomic E-state index is 14.0. The molecule has 0 unspecified atom stereocenters. The van der Waals surface area contributed by atoms with Crippen LogP contribution in [0.2, 0.25) is 5.02 Å². The van der Waals surface area contributed by atoms with Crippen LogP contribution in [-0.2, 0) is 32.6 Å². The van der Waals surface area contributed by atoms with E-state index in [1.807, 2.05) is 11.5 Å². The van der Waals surface area contributed by atoms with E-state index in [0.29, 0.717) is 44.2 Å². The van der Waals surface area contributed by atoms with Crippen LogP contribution in [0.1, 0.15) is 29.5 Å². The van der Waals surface area contributed by atoms with E-state index in [4.69, 9.17) is 21.1 Å². The third kappa shape index (κ3) is 4.89. The first kappa shape index (κ1) is 23.6. The number of morpholine rings is 1. The van der Waals surface area contributed by atoms with Crippen molar-refractivity contribution in [3.05, 3.63) is 58.6 Å². The highest BCUT2D eigenvalue weighted by atomic mass is 35.5. The Hall–Kier alpha value is -2.53. The van der Waals surface area contributed by atoms with Crippen molar-refractivity contribution >= 4 is 38.6 Å². The number of fused-ring (bicyclic) bond motifs is 1. The number of sulfonamides is 1. The van der Waals surface area contributed by atoms with Gasteiger partial charge in [-0.05, 0) is 42.8 Å². The normalized spacial score (nSPS) is 15.1. The summed E-state index contributed by atoms with van der Waals surface area (Å²) in [7, 11) is -3.68. The summed E-state index contributed by atoms with van der Waals surface area (Å²) in [5.74, 6) is -1.16. The second-order valence-corrected chi connectivity index (χ2v) is 9.92. The summed E-state index contributed by atoms with van der Waals surface area (Å²) < 4.78 is 53.8. The molecule has 8 nitrogen and oxygen atoms in total. The molecule has 0 N–H and O–H groups in total. The Bertz CT molecular complexity index is 1290. The Morgan fingerprint density at radius 3 is 2.70 bits per heavy atom. The summed E-state index contributed by atoms with van der Waals surface area (Å²) in [6.45, 7) is 3.68. The fraction of sp³-hybridized carbons (Fsp3) is 0.364. The van der Waals surface area contributed by atoms with Crippen LogP contribution in [0, 0.1) is 5.82 Å². The van der Waals surface area contributed by atoms with Gasteiger partial charge in [0, 0.05) is 24.7 Å². The Labute approximate surface area is 195 Å². The fourth-order valence-electron chi connectivity index (χ4n) is 3.70. The topological polar surface area (TPSA) is 90.7 Å². The van der Waals surface area contributed by atoms with Gasteiger partial charge in [0.2, 0.25) is 10.0 Å². The number of carbonyl (C=O) groups is 1. The van der Waals surface area contributed by atoms with Gasteiger partial charge in [0.25, 0.3) is 0 Å². The second kappa shape index (κ2) is 9.76. The zero-order valence-corrected chi connectivity index (χ0v) is 19.5. The summed E-state index contributed by atoms with van der Waals surface area (Å²) in [5, 5.41) is 0.218. The molecule has 1 aliphatic rings. The van der Waals surface area contributed by atoms with Crippen molar-refractivity contribution in [2.24, 2.45) is 0 Å². The van der Waals surface area contributed by atoms with E-state index in [9.17, 15) is 17.6 Å². The molecule has 11 heteroatoms. The monoisotopic (exact) mass is 495 g/mol. The van der Waals surface area contributed by atoms with Crippen LogP contribution >= 0.6 is 11.6 Å². The van der Waals surface area contributed by atoms with Gasteiger partial charge in [0.05, 0.1) is 34.7 Å². The van der Waals surface area contributed by atoms with Crippen LogP contribution in [0.3, 0.4) is 0 Å². The maximum atomic E-state index is 14.0. The highest BCUT2D eigenvalue weighted by Gasteiger charge is 2.27. The Morgan fingerprint density at radius 2 is 1.97 bits per heavy atom. The number of benzene rings is 2. The molecule has 0 atom stereocenters. The van der Waals surface area contributed by atoms with Crippen LogP contribution in [0.15, 0.2) is 41.3 Å². The molecule has 4 rings (SSSR count). The van der Waals surface area contributed by atoms with Gasteiger partial charge in [0.15, 0.2) is 0 Å². The molecule has 0 radical (unpaired) electrons. The van der Waals surface area contributed by atoms with Crippen LogP contribution in [0.5, 0.6) is 0 Å². The van der Waals surface area contributed by atoms with Gasteiger partial charge in [-0.1, -0.05) is 18.5 Å². The standard InChI is InChI=1S/C22H23ClFN3O5S/c1-2-7-27-20-6-4-16(33(29,30)26-8-10-31-11-9-26)13-19(20)25-21(27)14-32-22(28)17-12-15(23)3-5-18(17)24/h3-6,12-13H,2,7-11,14H2,1H3. The zero-order valence-electron chi connectivity index (χ0n) is 18.0. The summed E-state index contributed by atoms with van der Waals surface area (Å²) in [6.07, 6.45) is 0.781. The number of aryl methyl sites for hydroxylation is 1. The Kier molecular flexibility index (Phi) is 6.99. The first-order valence-electron chi connectivity index (χ1n) is 10.5. The molecule has 33 heavy (non-hydrogen) atoms. The van der Waals surface area contributed by atoms with Crippen molar-refractivity contribution in [1.29, 1.82) is 0 Å². The van der Waals surface area contributed by atoms with Gasteiger partial charge >= 0.3 is 5.97 Å². The van der Waals surface area contributed by atoms with Crippen LogP contribution in [0.4, 0.5) is 4.39 Å². The van der Waals surface area contributed by atoms with Crippen molar-refractivity contribution < 1.29 is 27.1 Å². The van der Waals surface area contributed by atoms with Crippen molar-refractivity contribution in [3.63, 3.8) is 0 Å². The van der Waals surface area contributed by atoms with E-state index < -0.39 is 21.8 Å². The van der Waals surface area contributed by atoms with Crippen LogP contribution in [-0.4, -0.2) is 54.5 Å². The van der Waals surface area contributed by atoms with E-state index >= 15 is 0 Å². The lowest BCUT2D eigenvalue weighted by Gasteiger charge is -2.26. The minimum atomic E-state index is -3.68. The van der Waals surface area contributed by atoms with Crippen molar-refractivity contribution in [2.75, 3.05) is 26.3 Å². The van der Waals surface area contributed by atoms with Crippen molar-refractivity contribution in [1.82, 2.24) is 13.9 Å². The van der Waals surface area contributed by atoms with E-state index in [-0.39, 0.29) is 22.1 Å². The van der Waals surface area contributed by atoms with Gasteiger partial charge in [-0.2, -0.15) is 4.31 Å². The highest BCUT2D eigenvalue weighted by Crippen LogP contribution is 2.25. The molecule has 0 bridgehead atoms. The maximum Gasteiger partial charge on any atom is 0.341 e. The number of imidazole rings is 1. The molecule has 2 heterocycles. The molecule has 1 aliphatic heterocycles. The summed E-state index contributed by atoms with van der Waals surface area (Å²) >= 11 is 5.86. The molecule has 2 aromatic carbocycles. The van der Waals surface area contributed by atoms with Gasteiger partial charge in [-0.3, -0.25) is 0 Å². The van der Waals surface area contributed by atoms with Gasteiger partial charge in [0.1, 0.15) is 18.2 Å². The summed E-state index contributed by atoms with van der Waals surface area (Å²) in [6, 6.07) is 8.43. The molecule has 1 saturated heterocycles. The van der Waals surface area contributed by atoms with Gasteiger partial charge in [-0.25, -0.2) is 22.6 Å². The lowest BCUT2D eigenvalue weighted by Crippen LogP contribution is -2.40. The van der Waals surface area contributed by atoms with E-state index in [1.54, 1.807) is 12.1 Å². The highest BCUT2D eigenvalue weighted by molar-refractivity contribution is 7.89. The predicted molar refractivity (Wildman–Crippen MR) is 120 cm³/mol. The van der Waals surface area contributed by atoms with E-state index in [2.05, 4.69) is 4.98 Å². The SMILES string of the molecule is CCCn1c(COC(=O)c2cc(Cl)ccc2F)nc2cc(S(=O)(=O)N3CCOCC3)ccc21. The molecule has 0 aliphatic carbocycles. The number of ether oxygens (including phenoxy) is 2. The smallest absolute Gasteiger partial charge is 0.341 e. The first-order chi connectivity index (χ1) is 15.8. The lowest BCUT2D eigenvalue weighted by atomic mass is 10.2. The predicted octanol–water partition coefficient (Wildman–Crippen LogP) is 3.62.